The van der Waals surface area contributed by atoms with Crippen molar-refractivity contribution in [2.24, 2.45) is 0 Å². The van der Waals surface area contributed by atoms with Crippen LogP contribution >= 0.6 is 0 Å². The highest BCUT2D eigenvalue weighted by Gasteiger charge is 2.21. The first-order valence-electron chi connectivity index (χ1n) is 11.3. The van der Waals surface area contributed by atoms with Crippen LogP contribution in [0.1, 0.15) is 15.9 Å². The number of aromatic nitrogens is 3. The molecule has 1 fully saturated rings. The van der Waals surface area contributed by atoms with Crippen LogP contribution in [0.25, 0.3) is 22.2 Å². The first kappa shape index (κ1) is 23.2. The van der Waals surface area contributed by atoms with E-state index in [1.165, 1.54) is 0 Å². The van der Waals surface area contributed by atoms with Gasteiger partial charge in [0.2, 0.25) is 0 Å². The summed E-state index contributed by atoms with van der Waals surface area (Å²) >= 11 is 0. The Morgan fingerprint density at radius 2 is 1.89 bits per heavy atom. The van der Waals surface area contributed by atoms with Crippen molar-refractivity contribution in [3.8, 4) is 17.1 Å². The van der Waals surface area contributed by atoms with Crippen LogP contribution in [-0.4, -0.2) is 72.6 Å². The minimum Gasteiger partial charge on any atom is -0.494 e. The number of carbonyl (C=O) groups excluding carboxylic acids is 1. The Balaban J connectivity index is 1.37. The molecule has 4 aromatic rings. The molecule has 1 aliphatic rings. The van der Waals surface area contributed by atoms with Gasteiger partial charge in [-0.05, 0) is 55.1 Å². The number of nitrogens with one attached hydrogen (secondary N) is 2. The highest BCUT2D eigenvalue weighted by atomic mass is 32.2. The second-order valence-corrected chi connectivity index (χ2v) is 9.99. The zero-order chi connectivity index (χ0) is 24.4. The van der Waals surface area contributed by atoms with Gasteiger partial charge in [0.1, 0.15) is 11.0 Å². The molecule has 0 bridgehead atoms. The van der Waals surface area contributed by atoms with Crippen LogP contribution in [0.4, 0.5) is 0 Å². The molecule has 3 aromatic heterocycles. The fourth-order valence-electron chi connectivity index (χ4n) is 4.10. The van der Waals surface area contributed by atoms with Crippen LogP contribution in [0.3, 0.4) is 0 Å². The van der Waals surface area contributed by atoms with Gasteiger partial charge >= 0.3 is 0 Å². The molecule has 1 aliphatic heterocycles. The van der Waals surface area contributed by atoms with Crippen LogP contribution in [0.2, 0.25) is 0 Å². The Morgan fingerprint density at radius 3 is 2.60 bits per heavy atom. The Bertz CT molecular complexity index is 1370. The molecule has 9 nitrogen and oxygen atoms in total. The van der Waals surface area contributed by atoms with Gasteiger partial charge in [0.05, 0.1) is 16.2 Å². The number of hydrogen-bond acceptors (Lipinski definition) is 6. The number of nitrogens with zero attached hydrogens (tertiary/aromatic N) is 4. The minimum atomic E-state index is -1.28. The molecule has 1 unspecified atom stereocenters. The Kier molecular flexibility index (Phi) is 6.58. The lowest BCUT2D eigenvalue weighted by Gasteiger charge is -2.31. The summed E-state index contributed by atoms with van der Waals surface area (Å²) in [6.07, 6.45) is 4.95. The summed E-state index contributed by atoms with van der Waals surface area (Å²) < 4.78 is 14.9. The van der Waals surface area contributed by atoms with Crippen molar-refractivity contribution in [2.45, 2.75) is 11.4 Å². The SMILES string of the molecule is CN1CCN(S(=O)c2ccc(-c3c(O)[nH]c4ccc(C(=O)NCc5ccncc5)cc34)nc2)CC1. The number of likely N-dealkylation sites (N-methyl/N-ethyl adjacent to an activating group) is 1. The number of aromatic hydroxyl groups is 1. The van der Waals surface area contributed by atoms with Gasteiger partial charge in [0.15, 0.2) is 5.88 Å². The molecule has 0 spiro atoms. The van der Waals surface area contributed by atoms with E-state index in [1.807, 2.05) is 16.4 Å². The fourth-order valence-corrected chi connectivity index (χ4v) is 5.22. The van der Waals surface area contributed by atoms with E-state index in [2.05, 4.69) is 32.2 Å². The lowest BCUT2D eigenvalue weighted by molar-refractivity contribution is 0.0951. The third-order valence-corrected chi connectivity index (χ3v) is 7.61. The maximum atomic E-state index is 12.9. The quantitative estimate of drug-likeness (QED) is 0.383. The minimum absolute atomic E-state index is 0.0326. The van der Waals surface area contributed by atoms with Gasteiger partial charge in [0.25, 0.3) is 5.91 Å². The monoisotopic (exact) mass is 490 g/mol. The number of H-pyrrole nitrogens is 1. The molecule has 10 heteroatoms. The molecular formula is C25H26N6O3S. The van der Waals surface area contributed by atoms with Crippen LogP contribution < -0.4 is 5.32 Å². The van der Waals surface area contributed by atoms with Gasteiger partial charge in [0, 0.05) is 67.8 Å². The van der Waals surface area contributed by atoms with Crippen molar-refractivity contribution in [3.63, 3.8) is 0 Å². The smallest absolute Gasteiger partial charge is 0.251 e. The van der Waals surface area contributed by atoms with Crippen LogP contribution in [-0.2, 0) is 17.5 Å². The Hall–Kier alpha value is -3.60. The molecule has 1 saturated heterocycles. The van der Waals surface area contributed by atoms with Gasteiger partial charge in [-0.25, -0.2) is 8.51 Å². The number of amides is 1. The predicted molar refractivity (Wildman–Crippen MR) is 134 cm³/mol. The van der Waals surface area contributed by atoms with Crippen molar-refractivity contribution in [1.82, 2.24) is 29.5 Å². The maximum Gasteiger partial charge on any atom is 0.251 e. The van der Waals surface area contributed by atoms with Crippen molar-refractivity contribution in [1.29, 1.82) is 0 Å². The zero-order valence-corrected chi connectivity index (χ0v) is 20.1. The molecular weight excluding hydrogens is 464 g/mol. The van der Waals surface area contributed by atoms with Crippen LogP contribution in [0, 0.1) is 0 Å². The molecule has 4 heterocycles. The summed E-state index contributed by atoms with van der Waals surface area (Å²) in [5.74, 6) is -0.254. The topological polar surface area (TPSA) is 114 Å². The van der Waals surface area contributed by atoms with E-state index in [0.29, 0.717) is 39.2 Å². The summed E-state index contributed by atoms with van der Waals surface area (Å²) in [5, 5.41) is 14.2. The van der Waals surface area contributed by atoms with Crippen LogP contribution in [0.15, 0.2) is 66.0 Å². The van der Waals surface area contributed by atoms with Gasteiger partial charge in [-0.1, -0.05) is 0 Å². The van der Waals surface area contributed by atoms with Crippen molar-refractivity contribution < 1.29 is 14.1 Å². The van der Waals surface area contributed by atoms with Crippen molar-refractivity contribution in [2.75, 3.05) is 33.2 Å². The van der Waals surface area contributed by atoms with E-state index in [4.69, 9.17) is 0 Å². The van der Waals surface area contributed by atoms with E-state index in [-0.39, 0.29) is 11.8 Å². The Morgan fingerprint density at radius 1 is 1.11 bits per heavy atom. The lowest BCUT2D eigenvalue weighted by atomic mass is 10.1. The molecule has 0 radical (unpaired) electrons. The molecule has 1 atom stereocenters. The summed E-state index contributed by atoms with van der Waals surface area (Å²) in [7, 11) is 0.772. The van der Waals surface area contributed by atoms with Gasteiger partial charge in [-0.3, -0.25) is 14.8 Å². The normalized spacial score (nSPS) is 15.8. The van der Waals surface area contributed by atoms with Gasteiger partial charge < -0.3 is 20.3 Å². The fraction of sp³-hybridized carbons (Fsp3) is 0.240. The third kappa shape index (κ3) is 4.95. The van der Waals surface area contributed by atoms with Crippen molar-refractivity contribution >= 4 is 27.8 Å². The second-order valence-electron chi connectivity index (χ2n) is 8.51. The largest absolute Gasteiger partial charge is 0.494 e. The number of hydrogen-bond donors (Lipinski definition) is 3. The van der Waals surface area contributed by atoms with E-state index < -0.39 is 11.0 Å². The number of rotatable bonds is 6. The molecule has 1 aromatic carbocycles. The van der Waals surface area contributed by atoms with Gasteiger partial charge in [-0.15, -0.1) is 0 Å². The number of benzene rings is 1. The summed E-state index contributed by atoms with van der Waals surface area (Å²) in [6.45, 7) is 3.61. The molecule has 5 rings (SSSR count). The third-order valence-electron chi connectivity index (χ3n) is 6.13. The second kappa shape index (κ2) is 9.95. The maximum absolute atomic E-state index is 12.9. The first-order chi connectivity index (χ1) is 17.0. The molecule has 180 valence electrons. The summed E-state index contributed by atoms with van der Waals surface area (Å²) in [5.41, 5.74) is 3.14. The molecule has 0 saturated carbocycles. The van der Waals surface area contributed by atoms with E-state index in [0.717, 1.165) is 31.7 Å². The molecule has 1 amide bonds. The lowest BCUT2D eigenvalue weighted by Crippen LogP contribution is -2.45. The number of fused-ring (bicyclic) bond motifs is 1. The van der Waals surface area contributed by atoms with Crippen LogP contribution in [0.5, 0.6) is 5.88 Å². The Labute approximate surface area is 205 Å². The number of carbonyl (C=O) groups is 1. The standard InChI is InChI=1S/C25H26N6O3S/c1-30-10-12-31(13-11-30)35(34)19-3-5-22(27-16-19)23-20-14-18(2-4-21(20)29-25(23)33)24(32)28-15-17-6-8-26-9-7-17/h2-9,14,16,29,33H,10-13,15H2,1H3,(H,28,32). The molecule has 35 heavy (non-hydrogen) atoms. The highest BCUT2D eigenvalue weighted by molar-refractivity contribution is 7.82. The highest BCUT2D eigenvalue weighted by Crippen LogP contribution is 2.36. The first-order valence-corrected chi connectivity index (χ1v) is 12.4. The van der Waals surface area contributed by atoms with Gasteiger partial charge in [-0.2, -0.15) is 0 Å². The number of piperazine rings is 1. The van der Waals surface area contributed by atoms with Crippen molar-refractivity contribution in [3.05, 3.63) is 72.2 Å². The average Bonchev–Trinajstić information content (AvgIpc) is 3.23. The molecule has 3 N–H and O–H groups in total. The molecule has 0 aliphatic carbocycles. The number of pyridine rings is 2. The van der Waals surface area contributed by atoms with E-state index >= 15 is 0 Å². The van der Waals surface area contributed by atoms with E-state index in [1.54, 1.807) is 48.9 Å². The predicted octanol–water partition coefficient (Wildman–Crippen LogP) is 2.53. The summed E-state index contributed by atoms with van der Waals surface area (Å²) in [6, 6.07) is 12.4. The average molecular weight is 491 g/mol. The number of aromatic amines is 1. The van der Waals surface area contributed by atoms with E-state index in [9.17, 15) is 14.1 Å². The summed E-state index contributed by atoms with van der Waals surface area (Å²) in [4.78, 5) is 27.0. The zero-order valence-electron chi connectivity index (χ0n) is 19.3.